The molecule has 5 nitrogen and oxygen atoms in total. The summed E-state index contributed by atoms with van der Waals surface area (Å²) >= 11 is 12.0. The van der Waals surface area contributed by atoms with Crippen molar-refractivity contribution >= 4 is 45.7 Å². The number of anilines is 1. The number of rotatable bonds is 3. The van der Waals surface area contributed by atoms with Crippen LogP contribution in [0.2, 0.25) is 10.0 Å². The van der Waals surface area contributed by atoms with Crippen LogP contribution in [-0.4, -0.2) is 16.2 Å². The second kappa shape index (κ2) is 6.73. The molecule has 24 heavy (non-hydrogen) atoms. The maximum absolute atomic E-state index is 12.5. The van der Waals surface area contributed by atoms with E-state index in [1.165, 1.54) is 0 Å². The fourth-order valence-corrected chi connectivity index (χ4v) is 2.66. The molecule has 130 valence electrons. The molecule has 0 atom stereocenters. The van der Waals surface area contributed by atoms with Crippen molar-refractivity contribution in [2.24, 2.45) is 0 Å². The molecular weight excluding hydrogens is 388 g/mol. The van der Waals surface area contributed by atoms with Gasteiger partial charge >= 0.3 is 12.2 Å². The van der Waals surface area contributed by atoms with Gasteiger partial charge in [0.15, 0.2) is 0 Å². The zero-order valence-electron chi connectivity index (χ0n) is 12.3. The zero-order valence-corrected chi connectivity index (χ0v) is 14.7. The van der Waals surface area contributed by atoms with Gasteiger partial charge in [0.05, 0.1) is 15.6 Å². The van der Waals surface area contributed by atoms with E-state index in [0.29, 0.717) is 15.6 Å². The van der Waals surface area contributed by atoms with Gasteiger partial charge in [-0.15, -0.1) is 10.2 Å². The third-order valence-corrected chi connectivity index (χ3v) is 4.58. The molecule has 2 aromatic rings. The highest BCUT2D eigenvalue weighted by molar-refractivity contribution is 7.15. The number of hydrogen-bond donors (Lipinski definition) is 2. The Morgan fingerprint density at radius 1 is 1.17 bits per heavy atom. The van der Waals surface area contributed by atoms with Crippen molar-refractivity contribution in [2.45, 2.75) is 25.6 Å². The number of alkyl halides is 3. The van der Waals surface area contributed by atoms with Crippen LogP contribution in [0.4, 0.5) is 23.1 Å². The number of urea groups is 1. The Bertz CT molecular complexity index is 764. The van der Waals surface area contributed by atoms with Crippen LogP contribution in [0.25, 0.3) is 0 Å². The Labute approximate surface area is 149 Å². The Morgan fingerprint density at radius 3 is 2.38 bits per heavy atom. The van der Waals surface area contributed by atoms with Crippen LogP contribution in [0.3, 0.4) is 0 Å². The molecule has 0 saturated heterocycles. The van der Waals surface area contributed by atoms with Crippen molar-refractivity contribution in [3.05, 3.63) is 38.8 Å². The molecule has 0 saturated carbocycles. The first kappa shape index (κ1) is 18.8. The van der Waals surface area contributed by atoms with Crippen LogP contribution < -0.4 is 10.6 Å². The quantitative estimate of drug-likeness (QED) is 0.770. The molecule has 1 aromatic heterocycles. The molecule has 2 rings (SSSR count). The summed E-state index contributed by atoms with van der Waals surface area (Å²) in [6.45, 7) is 3.40. The second-order valence-corrected chi connectivity index (χ2v) is 7.04. The van der Waals surface area contributed by atoms with E-state index in [9.17, 15) is 18.0 Å². The molecular formula is C13H11Cl2F3N4OS. The first-order chi connectivity index (χ1) is 11.0. The van der Waals surface area contributed by atoms with Crippen molar-refractivity contribution in [3.8, 4) is 0 Å². The zero-order chi connectivity index (χ0) is 18.1. The molecule has 0 aliphatic heterocycles. The van der Waals surface area contributed by atoms with Crippen LogP contribution in [0.1, 0.15) is 24.4 Å². The summed E-state index contributed by atoms with van der Waals surface area (Å²) in [6.07, 6.45) is -4.60. The van der Waals surface area contributed by atoms with Gasteiger partial charge in [-0.25, -0.2) is 4.79 Å². The Morgan fingerprint density at radius 2 is 1.83 bits per heavy atom. The van der Waals surface area contributed by atoms with E-state index in [1.807, 2.05) is 0 Å². The van der Waals surface area contributed by atoms with Crippen LogP contribution in [-0.2, 0) is 11.7 Å². The SMILES string of the molecule is CC(C)(NC(=O)Nc1nnc(C(F)(F)F)s1)c1ccc(Cl)c(Cl)c1. The lowest BCUT2D eigenvalue weighted by atomic mass is 9.94. The van der Waals surface area contributed by atoms with E-state index >= 15 is 0 Å². The van der Waals surface area contributed by atoms with E-state index in [2.05, 4.69) is 20.8 Å². The van der Waals surface area contributed by atoms with Gasteiger partial charge in [-0.1, -0.05) is 40.6 Å². The van der Waals surface area contributed by atoms with E-state index in [1.54, 1.807) is 32.0 Å². The van der Waals surface area contributed by atoms with Gasteiger partial charge in [0, 0.05) is 0 Å². The number of nitrogens with one attached hydrogen (secondary N) is 2. The molecule has 0 spiro atoms. The average molecular weight is 399 g/mol. The maximum Gasteiger partial charge on any atom is 0.445 e. The van der Waals surface area contributed by atoms with E-state index < -0.39 is 22.8 Å². The van der Waals surface area contributed by atoms with Crippen molar-refractivity contribution < 1.29 is 18.0 Å². The molecule has 2 amide bonds. The number of carbonyl (C=O) groups is 1. The van der Waals surface area contributed by atoms with Crippen molar-refractivity contribution in [1.82, 2.24) is 15.5 Å². The molecule has 0 aliphatic rings. The lowest BCUT2D eigenvalue weighted by Crippen LogP contribution is -2.43. The normalized spacial score (nSPS) is 12.1. The minimum absolute atomic E-state index is 0.237. The van der Waals surface area contributed by atoms with Gasteiger partial charge in [-0.2, -0.15) is 13.2 Å². The summed E-state index contributed by atoms with van der Waals surface area (Å²) in [5, 5.41) is 10.4. The number of benzene rings is 1. The number of hydrogen-bond acceptors (Lipinski definition) is 4. The third kappa shape index (κ3) is 4.49. The van der Waals surface area contributed by atoms with Crippen LogP contribution in [0.15, 0.2) is 18.2 Å². The number of halogens is 5. The lowest BCUT2D eigenvalue weighted by molar-refractivity contribution is -0.138. The number of amides is 2. The minimum Gasteiger partial charge on any atom is -0.329 e. The summed E-state index contributed by atoms with van der Waals surface area (Å²) in [4.78, 5) is 12.0. The molecule has 1 heterocycles. The number of carbonyl (C=O) groups excluding carboxylic acids is 1. The molecule has 0 fully saturated rings. The number of nitrogens with zero attached hydrogens (tertiary/aromatic N) is 2. The fraction of sp³-hybridized carbons (Fsp3) is 0.308. The summed E-state index contributed by atoms with van der Waals surface area (Å²) in [5.74, 6) is 0. The fourth-order valence-electron chi connectivity index (χ4n) is 1.76. The Kier molecular flexibility index (Phi) is 5.26. The summed E-state index contributed by atoms with van der Waals surface area (Å²) in [5.41, 5.74) is -0.184. The van der Waals surface area contributed by atoms with Gasteiger partial charge in [0.1, 0.15) is 0 Å². The largest absolute Gasteiger partial charge is 0.445 e. The van der Waals surface area contributed by atoms with E-state index in [-0.39, 0.29) is 16.5 Å². The molecule has 11 heteroatoms. The predicted octanol–water partition coefficient (Wildman–Crippen LogP) is 4.92. The maximum atomic E-state index is 12.5. The highest BCUT2D eigenvalue weighted by atomic mass is 35.5. The summed E-state index contributed by atoms with van der Waals surface area (Å²) in [7, 11) is 0. The van der Waals surface area contributed by atoms with Gasteiger partial charge < -0.3 is 5.32 Å². The van der Waals surface area contributed by atoms with Crippen molar-refractivity contribution in [2.75, 3.05) is 5.32 Å². The smallest absolute Gasteiger partial charge is 0.329 e. The van der Waals surface area contributed by atoms with Gasteiger partial charge in [0.25, 0.3) is 0 Å². The average Bonchev–Trinajstić information content (AvgIpc) is 2.89. The van der Waals surface area contributed by atoms with Gasteiger partial charge in [-0.05, 0) is 31.5 Å². The van der Waals surface area contributed by atoms with E-state index in [4.69, 9.17) is 23.2 Å². The first-order valence-electron chi connectivity index (χ1n) is 6.44. The third-order valence-electron chi connectivity index (χ3n) is 2.96. The molecule has 0 unspecified atom stereocenters. The lowest BCUT2D eigenvalue weighted by Gasteiger charge is -2.27. The molecule has 0 aliphatic carbocycles. The van der Waals surface area contributed by atoms with Gasteiger partial charge in [0.2, 0.25) is 10.1 Å². The van der Waals surface area contributed by atoms with Crippen molar-refractivity contribution in [1.29, 1.82) is 0 Å². The topological polar surface area (TPSA) is 66.9 Å². The number of aromatic nitrogens is 2. The van der Waals surface area contributed by atoms with E-state index in [0.717, 1.165) is 0 Å². The first-order valence-corrected chi connectivity index (χ1v) is 8.01. The highest BCUT2D eigenvalue weighted by Crippen LogP contribution is 2.33. The monoisotopic (exact) mass is 398 g/mol. The second-order valence-electron chi connectivity index (χ2n) is 5.24. The Hall–Kier alpha value is -1.58. The van der Waals surface area contributed by atoms with Gasteiger partial charge in [-0.3, -0.25) is 5.32 Å². The van der Waals surface area contributed by atoms with Crippen molar-refractivity contribution in [3.63, 3.8) is 0 Å². The summed E-state index contributed by atoms with van der Waals surface area (Å²) in [6, 6.07) is 4.13. The summed E-state index contributed by atoms with van der Waals surface area (Å²) < 4.78 is 37.4. The van der Waals surface area contributed by atoms with Crippen LogP contribution in [0, 0.1) is 0 Å². The molecule has 0 radical (unpaired) electrons. The molecule has 0 bridgehead atoms. The molecule has 2 N–H and O–H groups in total. The Balaban J connectivity index is 2.07. The minimum atomic E-state index is -4.60. The molecule has 1 aromatic carbocycles. The van der Waals surface area contributed by atoms with Crippen LogP contribution in [0.5, 0.6) is 0 Å². The predicted molar refractivity (Wildman–Crippen MR) is 86.6 cm³/mol. The highest BCUT2D eigenvalue weighted by Gasteiger charge is 2.36. The van der Waals surface area contributed by atoms with Crippen LogP contribution >= 0.6 is 34.5 Å². The standard InChI is InChI=1S/C13H11Cl2F3N4OS/c1-12(2,6-3-4-7(14)8(15)5-6)20-10(23)19-11-22-21-9(24-11)13(16,17)18/h3-5H,1-2H3,(H2,19,20,22,23).